The second-order valence-electron chi connectivity index (χ2n) is 4.59. The van der Waals surface area contributed by atoms with Gasteiger partial charge in [0.25, 0.3) is 0 Å². The fraction of sp³-hybridized carbons (Fsp3) is 0.133. The number of nitrogens with zero attached hydrogens (tertiary/aromatic N) is 1. The van der Waals surface area contributed by atoms with Crippen LogP contribution in [-0.4, -0.2) is 9.97 Å². The minimum Gasteiger partial charge on any atom is -0.338 e. The maximum atomic E-state index is 5.75. The van der Waals surface area contributed by atoms with Crippen LogP contribution in [0.15, 0.2) is 40.9 Å². The average molecular weight is 316 g/mol. The number of fused-ring (bicyclic) bond motifs is 1. The Bertz CT molecular complexity index is 746. The molecule has 4 heteroatoms. The van der Waals surface area contributed by atoms with E-state index in [-0.39, 0.29) is 0 Å². The van der Waals surface area contributed by atoms with Crippen molar-refractivity contribution in [3.8, 4) is 11.4 Å². The van der Waals surface area contributed by atoms with Gasteiger partial charge in [-0.05, 0) is 36.2 Å². The van der Waals surface area contributed by atoms with Gasteiger partial charge in [-0.3, -0.25) is 0 Å². The Morgan fingerprint density at radius 2 is 2.11 bits per heavy atom. The van der Waals surface area contributed by atoms with Crippen molar-refractivity contribution in [2.24, 2.45) is 5.73 Å². The SMILES string of the molecule is Cc1ccc(-c2nc3c(CN)cccc3[nH]2)c(Br)c1. The first-order valence-electron chi connectivity index (χ1n) is 6.13. The molecule has 0 fully saturated rings. The van der Waals surface area contributed by atoms with Crippen LogP contribution in [0.2, 0.25) is 0 Å². The zero-order valence-corrected chi connectivity index (χ0v) is 12.2. The van der Waals surface area contributed by atoms with E-state index in [4.69, 9.17) is 5.73 Å². The number of para-hydroxylation sites is 1. The van der Waals surface area contributed by atoms with Gasteiger partial charge in [-0.15, -0.1) is 0 Å². The fourth-order valence-electron chi connectivity index (χ4n) is 2.20. The first kappa shape index (κ1) is 12.4. The van der Waals surface area contributed by atoms with Crippen molar-refractivity contribution in [1.82, 2.24) is 9.97 Å². The molecule has 0 saturated heterocycles. The molecule has 0 saturated carbocycles. The highest BCUT2D eigenvalue weighted by Gasteiger charge is 2.10. The number of nitrogens with one attached hydrogen (secondary N) is 1. The topological polar surface area (TPSA) is 54.7 Å². The smallest absolute Gasteiger partial charge is 0.139 e. The lowest BCUT2D eigenvalue weighted by atomic mass is 10.1. The molecule has 0 aliphatic carbocycles. The van der Waals surface area contributed by atoms with Gasteiger partial charge >= 0.3 is 0 Å². The van der Waals surface area contributed by atoms with Crippen molar-refractivity contribution < 1.29 is 0 Å². The molecule has 0 unspecified atom stereocenters. The molecule has 3 aromatic rings. The highest BCUT2D eigenvalue weighted by molar-refractivity contribution is 9.10. The molecule has 19 heavy (non-hydrogen) atoms. The molecule has 0 aliphatic heterocycles. The fourth-order valence-corrected chi connectivity index (χ4v) is 2.88. The Balaban J connectivity index is 2.20. The maximum Gasteiger partial charge on any atom is 0.139 e. The Labute approximate surface area is 120 Å². The van der Waals surface area contributed by atoms with Gasteiger partial charge in [0.2, 0.25) is 0 Å². The zero-order chi connectivity index (χ0) is 13.4. The molecule has 0 amide bonds. The summed E-state index contributed by atoms with van der Waals surface area (Å²) >= 11 is 3.59. The third-order valence-corrected chi connectivity index (χ3v) is 3.85. The van der Waals surface area contributed by atoms with Crippen molar-refractivity contribution in [3.63, 3.8) is 0 Å². The predicted octanol–water partition coefficient (Wildman–Crippen LogP) is 3.76. The summed E-state index contributed by atoms with van der Waals surface area (Å²) in [6, 6.07) is 12.3. The number of imidazole rings is 1. The van der Waals surface area contributed by atoms with Crippen LogP contribution in [0.3, 0.4) is 0 Å². The maximum absolute atomic E-state index is 5.75. The quantitative estimate of drug-likeness (QED) is 0.756. The number of nitrogens with two attached hydrogens (primary N) is 1. The molecule has 96 valence electrons. The number of aryl methyl sites for hydroxylation is 1. The number of aromatic nitrogens is 2. The van der Waals surface area contributed by atoms with E-state index >= 15 is 0 Å². The largest absolute Gasteiger partial charge is 0.338 e. The molecule has 1 aromatic heterocycles. The van der Waals surface area contributed by atoms with Gasteiger partial charge in [-0.25, -0.2) is 4.98 Å². The van der Waals surface area contributed by atoms with Crippen LogP contribution in [0.5, 0.6) is 0 Å². The Hall–Kier alpha value is -1.65. The van der Waals surface area contributed by atoms with Crippen molar-refractivity contribution in [3.05, 3.63) is 52.0 Å². The highest BCUT2D eigenvalue weighted by atomic mass is 79.9. The van der Waals surface area contributed by atoms with E-state index in [1.54, 1.807) is 0 Å². The van der Waals surface area contributed by atoms with Crippen LogP contribution in [0.25, 0.3) is 22.4 Å². The summed E-state index contributed by atoms with van der Waals surface area (Å²) in [5, 5.41) is 0. The lowest BCUT2D eigenvalue weighted by Crippen LogP contribution is -1.96. The van der Waals surface area contributed by atoms with E-state index < -0.39 is 0 Å². The molecule has 0 spiro atoms. The monoisotopic (exact) mass is 315 g/mol. The minimum absolute atomic E-state index is 0.497. The lowest BCUT2D eigenvalue weighted by Gasteiger charge is -2.01. The molecular formula is C15H14BrN3. The van der Waals surface area contributed by atoms with E-state index in [9.17, 15) is 0 Å². The molecule has 3 nitrogen and oxygen atoms in total. The van der Waals surface area contributed by atoms with Crippen molar-refractivity contribution in [2.45, 2.75) is 13.5 Å². The van der Waals surface area contributed by atoms with Crippen molar-refractivity contribution in [2.75, 3.05) is 0 Å². The van der Waals surface area contributed by atoms with Crippen LogP contribution in [0.1, 0.15) is 11.1 Å². The molecule has 0 bridgehead atoms. The second-order valence-corrected chi connectivity index (χ2v) is 5.44. The molecule has 0 aliphatic rings. The summed E-state index contributed by atoms with van der Waals surface area (Å²) < 4.78 is 1.04. The molecule has 0 radical (unpaired) electrons. The molecule has 1 heterocycles. The summed E-state index contributed by atoms with van der Waals surface area (Å²) in [6.07, 6.45) is 0. The van der Waals surface area contributed by atoms with Crippen LogP contribution in [0, 0.1) is 6.92 Å². The van der Waals surface area contributed by atoms with E-state index in [1.807, 2.05) is 18.2 Å². The predicted molar refractivity (Wildman–Crippen MR) is 81.9 cm³/mol. The van der Waals surface area contributed by atoms with Gasteiger partial charge in [-0.1, -0.05) is 34.1 Å². The summed E-state index contributed by atoms with van der Waals surface area (Å²) in [5.74, 6) is 0.864. The normalized spacial score (nSPS) is 11.1. The number of halogens is 1. The first-order chi connectivity index (χ1) is 9.19. The summed E-state index contributed by atoms with van der Waals surface area (Å²) in [7, 11) is 0. The summed E-state index contributed by atoms with van der Waals surface area (Å²) in [4.78, 5) is 8.03. The van der Waals surface area contributed by atoms with E-state index in [0.717, 1.165) is 32.5 Å². The van der Waals surface area contributed by atoms with Gasteiger partial charge in [0.05, 0.1) is 11.0 Å². The van der Waals surface area contributed by atoms with Gasteiger partial charge < -0.3 is 10.7 Å². The third-order valence-electron chi connectivity index (χ3n) is 3.20. The lowest BCUT2D eigenvalue weighted by molar-refractivity contribution is 1.08. The second kappa shape index (κ2) is 4.79. The van der Waals surface area contributed by atoms with E-state index in [1.165, 1.54) is 5.56 Å². The molecule has 2 aromatic carbocycles. The molecule has 3 N–H and O–H groups in total. The van der Waals surface area contributed by atoms with Crippen LogP contribution in [0.4, 0.5) is 0 Å². The third kappa shape index (κ3) is 2.17. The summed E-state index contributed by atoms with van der Waals surface area (Å²) in [6.45, 7) is 2.57. The minimum atomic E-state index is 0.497. The standard InChI is InChI=1S/C15H14BrN3/c1-9-5-6-11(12(16)7-9)15-18-13-4-2-3-10(8-17)14(13)19-15/h2-7H,8,17H2,1H3,(H,18,19). The average Bonchev–Trinajstić information content (AvgIpc) is 2.81. The zero-order valence-electron chi connectivity index (χ0n) is 10.6. The Morgan fingerprint density at radius 1 is 1.26 bits per heavy atom. The number of hydrogen-bond donors (Lipinski definition) is 2. The highest BCUT2D eigenvalue weighted by Crippen LogP contribution is 2.29. The van der Waals surface area contributed by atoms with Gasteiger partial charge in [-0.2, -0.15) is 0 Å². The summed E-state index contributed by atoms with van der Waals surface area (Å²) in [5.41, 5.74) is 11.1. The molecule has 3 rings (SSSR count). The number of rotatable bonds is 2. The molecular weight excluding hydrogens is 302 g/mol. The van der Waals surface area contributed by atoms with Gasteiger partial charge in [0.15, 0.2) is 0 Å². The van der Waals surface area contributed by atoms with E-state index in [2.05, 4.69) is 51.0 Å². The number of H-pyrrole nitrogens is 1. The number of aromatic amines is 1. The van der Waals surface area contributed by atoms with Gasteiger partial charge in [0, 0.05) is 16.6 Å². The van der Waals surface area contributed by atoms with Crippen molar-refractivity contribution in [1.29, 1.82) is 0 Å². The first-order valence-corrected chi connectivity index (χ1v) is 6.92. The van der Waals surface area contributed by atoms with E-state index in [0.29, 0.717) is 6.54 Å². The van der Waals surface area contributed by atoms with Crippen LogP contribution < -0.4 is 5.73 Å². The Morgan fingerprint density at radius 3 is 2.84 bits per heavy atom. The van der Waals surface area contributed by atoms with Gasteiger partial charge in [0.1, 0.15) is 5.82 Å². The Kier molecular flexibility index (Phi) is 3.12. The van der Waals surface area contributed by atoms with Crippen LogP contribution in [-0.2, 0) is 6.54 Å². The number of benzene rings is 2. The molecule has 0 atom stereocenters. The van der Waals surface area contributed by atoms with Crippen molar-refractivity contribution >= 4 is 27.0 Å². The number of hydrogen-bond acceptors (Lipinski definition) is 2. The van der Waals surface area contributed by atoms with Crippen LogP contribution >= 0.6 is 15.9 Å².